The second kappa shape index (κ2) is 8.45. The summed E-state index contributed by atoms with van der Waals surface area (Å²) < 4.78 is 27.0. The molecule has 1 aromatic heterocycles. The van der Waals surface area contributed by atoms with Crippen molar-refractivity contribution in [2.75, 3.05) is 18.4 Å². The first kappa shape index (κ1) is 19.3. The molecule has 7 heteroatoms. The van der Waals surface area contributed by atoms with Crippen molar-refractivity contribution < 1.29 is 13.2 Å². The highest BCUT2D eigenvalue weighted by atomic mass is 32.2. The zero-order valence-electron chi connectivity index (χ0n) is 15.2. The quantitative estimate of drug-likeness (QED) is 0.802. The summed E-state index contributed by atoms with van der Waals surface area (Å²) in [6, 6.07) is 11.7. The summed E-state index contributed by atoms with van der Waals surface area (Å²) in [7, 11) is -3.49. The maximum atomic E-state index is 12.7. The van der Waals surface area contributed by atoms with Crippen molar-refractivity contribution in [3.05, 3.63) is 60.4 Å². The van der Waals surface area contributed by atoms with Gasteiger partial charge in [-0.2, -0.15) is 4.31 Å². The molecule has 1 atom stereocenters. The number of nitrogens with one attached hydrogen (secondary N) is 1. The largest absolute Gasteiger partial charge is 0.323 e. The predicted molar refractivity (Wildman–Crippen MR) is 105 cm³/mol. The van der Waals surface area contributed by atoms with E-state index in [9.17, 15) is 13.2 Å². The topological polar surface area (TPSA) is 79.4 Å². The number of amides is 1. The highest BCUT2D eigenvalue weighted by Crippen LogP contribution is 2.24. The average Bonchev–Trinajstić information content (AvgIpc) is 2.68. The van der Waals surface area contributed by atoms with E-state index in [1.807, 2.05) is 6.07 Å². The van der Waals surface area contributed by atoms with Crippen LogP contribution in [0.3, 0.4) is 0 Å². The summed E-state index contributed by atoms with van der Waals surface area (Å²) in [5.41, 5.74) is 1.22. The smallest absolute Gasteiger partial charge is 0.248 e. The standard InChI is InChI=1S/C20H23N3O3S/c1-16-5-4-14-23(15-16)27(25,26)19-10-7-18(8-11-19)22-20(24)12-9-17-6-2-3-13-21-17/h2-3,6-13,16H,4-5,14-15H2,1H3,(H,22,24)/b12-9+/t16-/m1/s1. The van der Waals surface area contributed by atoms with Crippen LogP contribution < -0.4 is 5.32 Å². The van der Waals surface area contributed by atoms with E-state index in [-0.39, 0.29) is 10.8 Å². The van der Waals surface area contributed by atoms with E-state index in [1.54, 1.807) is 40.8 Å². The lowest BCUT2D eigenvalue weighted by Crippen LogP contribution is -2.39. The lowest BCUT2D eigenvalue weighted by atomic mass is 10.0. The van der Waals surface area contributed by atoms with Crippen LogP contribution in [0.25, 0.3) is 6.08 Å². The van der Waals surface area contributed by atoms with Crippen molar-refractivity contribution in [2.24, 2.45) is 5.92 Å². The molecule has 1 N–H and O–H groups in total. The molecule has 2 aromatic rings. The molecule has 1 aliphatic heterocycles. The molecule has 27 heavy (non-hydrogen) atoms. The van der Waals surface area contributed by atoms with Crippen LogP contribution in [0, 0.1) is 5.92 Å². The Kier molecular flexibility index (Phi) is 6.03. The van der Waals surface area contributed by atoms with Crippen molar-refractivity contribution in [1.29, 1.82) is 0 Å². The lowest BCUT2D eigenvalue weighted by molar-refractivity contribution is -0.111. The fraction of sp³-hybridized carbons (Fsp3) is 0.300. The summed E-state index contributed by atoms with van der Waals surface area (Å²) >= 11 is 0. The molecule has 142 valence electrons. The summed E-state index contributed by atoms with van der Waals surface area (Å²) in [5.74, 6) is 0.0686. The summed E-state index contributed by atoms with van der Waals surface area (Å²) in [5, 5.41) is 2.72. The lowest BCUT2D eigenvalue weighted by Gasteiger charge is -2.30. The highest BCUT2D eigenvalue weighted by molar-refractivity contribution is 7.89. The Bertz CT molecular complexity index is 909. The first-order valence-corrected chi connectivity index (χ1v) is 10.4. The van der Waals surface area contributed by atoms with Gasteiger partial charge in [0.2, 0.25) is 15.9 Å². The van der Waals surface area contributed by atoms with Crippen molar-refractivity contribution in [1.82, 2.24) is 9.29 Å². The molecule has 1 fully saturated rings. The number of anilines is 1. The number of rotatable bonds is 5. The SMILES string of the molecule is C[C@@H]1CCCN(S(=O)(=O)c2ccc(NC(=O)/C=C/c3ccccn3)cc2)C1. The van der Waals surface area contributed by atoms with E-state index in [0.717, 1.165) is 12.8 Å². The van der Waals surface area contributed by atoms with Gasteiger partial charge in [0.15, 0.2) is 0 Å². The summed E-state index contributed by atoms with van der Waals surface area (Å²) in [6.07, 6.45) is 6.60. The number of piperidine rings is 1. The first-order chi connectivity index (χ1) is 12.9. The molecular weight excluding hydrogens is 362 g/mol. The van der Waals surface area contributed by atoms with Gasteiger partial charge in [-0.05, 0) is 61.2 Å². The van der Waals surface area contributed by atoms with Gasteiger partial charge in [0.1, 0.15) is 0 Å². The van der Waals surface area contributed by atoms with Crippen molar-refractivity contribution in [3.63, 3.8) is 0 Å². The minimum absolute atomic E-state index is 0.249. The third-order valence-electron chi connectivity index (χ3n) is 4.47. The molecule has 6 nitrogen and oxygen atoms in total. The number of carbonyl (C=O) groups excluding carboxylic acids is 1. The van der Waals surface area contributed by atoms with Gasteiger partial charge in [-0.25, -0.2) is 8.42 Å². The third-order valence-corrected chi connectivity index (χ3v) is 6.35. The van der Waals surface area contributed by atoms with E-state index < -0.39 is 10.0 Å². The molecule has 0 aliphatic carbocycles. The molecule has 0 spiro atoms. The molecule has 3 rings (SSSR count). The second-order valence-corrected chi connectivity index (χ2v) is 8.65. The Balaban J connectivity index is 1.64. The summed E-state index contributed by atoms with van der Waals surface area (Å²) in [4.78, 5) is 16.4. The summed E-state index contributed by atoms with van der Waals surface area (Å²) in [6.45, 7) is 3.18. The van der Waals surface area contributed by atoms with Crippen LogP contribution in [-0.2, 0) is 14.8 Å². The van der Waals surface area contributed by atoms with Gasteiger partial charge in [0, 0.05) is 31.0 Å². The van der Waals surface area contributed by atoms with Crippen LogP contribution >= 0.6 is 0 Å². The van der Waals surface area contributed by atoms with E-state index >= 15 is 0 Å². The zero-order valence-corrected chi connectivity index (χ0v) is 16.0. The number of pyridine rings is 1. The minimum atomic E-state index is -3.49. The third kappa shape index (κ3) is 5.02. The van der Waals surface area contributed by atoms with E-state index in [0.29, 0.717) is 30.4 Å². The Morgan fingerprint density at radius 1 is 1.22 bits per heavy atom. The Morgan fingerprint density at radius 2 is 2.00 bits per heavy atom. The number of hydrogen-bond acceptors (Lipinski definition) is 4. The van der Waals surface area contributed by atoms with Crippen LogP contribution in [0.4, 0.5) is 5.69 Å². The van der Waals surface area contributed by atoms with Crippen LogP contribution in [0.5, 0.6) is 0 Å². The van der Waals surface area contributed by atoms with Gasteiger partial charge in [-0.1, -0.05) is 13.0 Å². The molecule has 0 unspecified atom stereocenters. The van der Waals surface area contributed by atoms with Crippen LogP contribution in [-0.4, -0.2) is 36.7 Å². The molecule has 1 saturated heterocycles. The molecule has 0 radical (unpaired) electrons. The molecule has 1 amide bonds. The molecule has 0 bridgehead atoms. The normalized spacial score (nSPS) is 18.5. The van der Waals surface area contributed by atoms with Gasteiger partial charge >= 0.3 is 0 Å². The van der Waals surface area contributed by atoms with Gasteiger partial charge in [0.05, 0.1) is 10.6 Å². The minimum Gasteiger partial charge on any atom is -0.323 e. The number of hydrogen-bond donors (Lipinski definition) is 1. The van der Waals surface area contributed by atoms with Gasteiger partial charge < -0.3 is 5.32 Å². The molecule has 2 heterocycles. The number of benzene rings is 1. The van der Waals surface area contributed by atoms with Crippen LogP contribution in [0.2, 0.25) is 0 Å². The Labute approximate surface area is 160 Å². The molecule has 0 saturated carbocycles. The zero-order chi connectivity index (χ0) is 19.3. The fourth-order valence-electron chi connectivity index (χ4n) is 3.04. The van der Waals surface area contributed by atoms with Gasteiger partial charge in [0.25, 0.3) is 0 Å². The fourth-order valence-corrected chi connectivity index (χ4v) is 4.64. The maximum absolute atomic E-state index is 12.7. The van der Waals surface area contributed by atoms with Crippen LogP contribution in [0.15, 0.2) is 59.6 Å². The number of carbonyl (C=O) groups is 1. The molecule has 1 aliphatic rings. The van der Waals surface area contributed by atoms with Crippen molar-refractivity contribution in [3.8, 4) is 0 Å². The monoisotopic (exact) mass is 385 g/mol. The average molecular weight is 385 g/mol. The predicted octanol–water partition coefficient (Wildman–Crippen LogP) is 3.15. The molecule has 1 aromatic carbocycles. The van der Waals surface area contributed by atoms with E-state index in [2.05, 4.69) is 17.2 Å². The Morgan fingerprint density at radius 3 is 2.67 bits per heavy atom. The number of aromatic nitrogens is 1. The van der Waals surface area contributed by atoms with Gasteiger partial charge in [-0.3, -0.25) is 9.78 Å². The van der Waals surface area contributed by atoms with Gasteiger partial charge in [-0.15, -0.1) is 0 Å². The first-order valence-electron chi connectivity index (χ1n) is 8.95. The second-order valence-electron chi connectivity index (χ2n) is 6.71. The number of sulfonamides is 1. The van der Waals surface area contributed by atoms with E-state index in [1.165, 1.54) is 18.2 Å². The highest BCUT2D eigenvalue weighted by Gasteiger charge is 2.28. The van der Waals surface area contributed by atoms with Crippen LogP contribution in [0.1, 0.15) is 25.5 Å². The maximum Gasteiger partial charge on any atom is 0.248 e. The van der Waals surface area contributed by atoms with Crippen molar-refractivity contribution in [2.45, 2.75) is 24.7 Å². The van der Waals surface area contributed by atoms with Crippen molar-refractivity contribution >= 4 is 27.7 Å². The molecular formula is C20H23N3O3S. The van der Waals surface area contributed by atoms with E-state index in [4.69, 9.17) is 0 Å². The Hall–Kier alpha value is -2.51. The number of nitrogens with zero attached hydrogens (tertiary/aromatic N) is 2.